The maximum Gasteiger partial charge on any atom is 0.260 e. The zero-order valence-electron chi connectivity index (χ0n) is 14.9. The number of halogens is 1. The van der Waals surface area contributed by atoms with Crippen molar-refractivity contribution in [3.8, 4) is 11.3 Å². The van der Waals surface area contributed by atoms with Gasteiger partial charge in [0.25, 0.3) is 5.56 Å². The third kappa shape index (κ3) is 2.79. The second kappa shape index (κ2) is 6.66. The van der Waals surface area contributed by atoms with Gasteiger partial charge in [0, 0.05) is 16.7 Å². The summed E-state index contributed by atoms with van der Waals surface area (Å²) in [5.41, 5.74) is 4.30. The van der Waals surface area contributed by atoms with E-state index in [-0.39, 0.29) is 5.56 Å². The van der Waals surface area contributed by atoms with Gasteiger partial charge in [-0.1, -0.05) is 66.2 Å². The van der Waals surface area contributed by atoms with Crippen LogP contribution in [-0.2, 0) is 6.54 Å². The molecule has 2 heterocycles. The first-order chi connectivity index (χ1) is 13.7. The van der Waals surface area contributed by atoms with Crippen LogP contribution in [0.5, 0.6) is 0 Å². The first-order valence-corrected chi connectivity index (χ1v) is 9.39. The predicted molar refractivity (Wildman–Crippen MR) is 113 cm³/mol. The molecule has 5 heteroatoms. The molecule has 0 aliphatic heterocycles. The molecule has 0 bridgehead atoms. The minimum atomic E-state index is -0.108. The molecule has 0 aliphatic carbocycles. The normalized spacial score (nSPS) is 11.3. The van der Waals surface area contributed by atoms with Crippen LogP contribution in [0.1, 0.15) is 5.56 Å². The molecule has 28 heavy (non-hydrogen) atoms. The van der Waals surface area contributed by atoms with Crippen LogP contribution in [0.4, 0.5) is 0 Å². The average molecular weight is 386 g/mol. The number of benzene rings is 3. The second-order valence-electron chi connectivity index (χ2n) is 6.69. The third-order valence-corrected chi connectivity index (χ3v) is 5.09. The van der Waals surface area contributed by atoms with Crippen molar-refractivity contribution in [3.63, 3.8) is 0 Å². The highest BCUT2D eigenvalue weighted by atomic mass is 35.5. The van der Waals surface area contributed by atoms with Crippen LogP contribution in [0, 0.1) is 0 Å². The molecule has 0 spiro atoms. The van der Waals surface area contributed by atoms with Gasteiger partial charge in [0.2, 0.25) is 5.78 Å². The number of imidazole rings is 1. The SMILES string of the molecule is O=c1cc(-c2cccc(Cl)c2)nc2n(Cc3ccccc3)c3ccccc3n12. The van der Waals surface area contributed by atoms with E-state index >= 15 is 0 Å². The number of nitrogens with zero attached hydrogens (tertiary/aromatic N) is 3. The summed E-state index contributed by atoms with van der Waals surface area (Å²) in [6, 6.07) is 27.0. The van der Waals surface area contributed by atoms with Crippen LogP contribution in [0.3, 0.4) is 0 Å². The molecule has 0 unspecified atom stereocenters. The van der Waals surface area contributed by atoms with Crippen molar-refractivity contribution >= 4 is 28.4 Å². The van der Waals surface area contributed by atoms with Crippen LogP contribution in [-0.4, -0.2) is 14.0 Å². The summed E-state index contributed by atoms with van der Waals surface area (Å²) < 4.78 is 3.76. The predicted octanol–water partition coefficient (Wildman–Crippen LogP) is 5.02. The number of aromatic nitrogens is 3. The molecule has 2 aromatic heterocycles. The van der Waals surface area contributed by atoms with Crippen molar-refractivity contribution in [2.75, 3.05) is 0 Å². The highest BCUT2D eigenvalue weighted by Gasteiger charge is 2.15. The van der Waals surface area contributed by atoms with Crippen molar-refractivity contribution in [1.29, 1.82) is 0 Å². The topological polar surface area (TPSA) is 39.3 Å². The Morgan fingerprint density at radius 1 is 0.821 bits per heavy atom. The minimum Gasteiger partial charge on any atom is -0.305 e. The van der Waals surface area contributed by atoms with Gasteiger partial charge < -0.3 is 4.57 Å². The fourth-order valence-corrected chi connectivity index (χ4v) is 3.77. The Bertz CT molecular complexity index is 1370. The van der Waals surface area contributed by atoms with E-state index in [1.165, 1.54) is 0 Å². The minimum absolute atomic E-state index is 0.108. The van der Waals surface area contributed by atoms with Gasteiger partial charge >= 0.3 is 0 Å². The average Bonchev–Trinajstić information content (AvgIpc) is 3.03. The number of para-hydroxylation sites is 2. The van der Waals surface area contributed by atoms with E-state index < -0.39 is 0 Å². The summed E-state index contributed by atoms with van der Waals surface area (Å²) in [5, 5.41) is 0.615. The summed E-state index contributed by atoms with van der Waals surface area (Å²) in [6.07, 6.45) is 0. The summed E-state index contributed by atoms with van der Waals surface area (Å²) in [6.45, 7) is 0.628. The van der Waals surface area contributed by atoms with Gasteiger partial charge in [-0.2, -0.15) is 0 Å². The summed E-state index contributed by atoms with van der Waals surface area (Å²) in [4.78, 5) is 17.9. The fourth-order valence-electron chi connectivity index (χ4n) is 3.58. The molecule has 0 radical (unpaired) electrons. The fraction of sp³-hybridized carbons (Fsp3) is 0.0435. The molecule has 3 aromatic carbocycles. The van der Waals surface area contributed by atoms with Gasteiger partial charge in [-0.3, -0.25) is 4.79 Å². The largest absolute Gasteiger partial charge is 0.305 e. The van der Waals surface area contributed by atoms with E-state index in [0.717, 1.165) is 22.2 Å². The van der Waals surface area contributed by atoms with Crippen molar-refractivity contribution in [2.24, 2.45) is 0 Å². The lowest BCUT2D eigenvalue weighted by Crippen LogP contribution is -2.14. The van der Waals surface area contributed by atoms with Crippen LogP contribution in [0.25, 0.3) is 28.1 Å². The quantitative estimate of drug-likeness (QED) is 0.437. The maximum absolute atomic E-state index is 13.0. The highest BCUT2D eigenvalue weighted by molar-refractivity contribution is 6.30. The van der Waals surface area contributed by atoms with Gasteiger partial charge in [-0.15, -0.1) is 0 Å². The zero-order valence-corrected chi connectivity index (χ0v) is 15.7. The van der Waals surface area contributed by atoms with Gasteiger partial charge in [0.05, 0.1) is 23.3 Å². The van der Waals surface area contributed by atoms with Gasteiger partial charge in [0.15, 0.2) is 0 Å². The Balaban J connectivity index is 1.82. The third-order valence-electron chi connectivity index (χ3n) is 4.86. The molecule has 136 valence electrons. The molecule has 4 nitrogen and oxygen atoms in total. The molecule has 5 aromatic rings. The van der Waals surface area contributed by atoms with E-state index in [1.807, 2.05) is 66.7 Å². The lowest BCUT2D eigenvalue weighted by Gasteiger charge is -2.07. The number of hydrogen-bond acceptors (Lipinski definition) is 2. The molecule has 0 atom stereocenters. The monoisotopic (exact) mass is 385 g/mol. The van der Waals surface area contributed by atoms with E-state index in [0.29, 0.717) is 23.0 Å². The molecule has 0 fully saturated rings. The summed E-state index contributed by atoms with van der Waals surface area (Å²) in [7, 11) is 0. The molecule has 0 aliphatic rings. The van der Waals surface area contributed by atoms with Crippen molar-refractivity contribution < 1.29 is 0 Å². The lowest BCUT2D eigenvalue weighted by atomic mass is 10.1. The number of hydrogen-bond donors (Lipinski definition) is 0. The maximum atomic E-state index is 13.0. The molecular weight excluding hydrogens is 370 g/mol. The standard InChI is InChI=1S/C23H16ClN3O/c24-18-10-6-9-17(13-18)19-14-22(28)27-21-12-5-4-11-20(21)26(23(27)25-19)15-16-7-2-1-3-8-16/h1-14H,15H2. The Morgan fingerprint density at radius 2 is 1.57 bits per heavy atom. The van der Waals surface area contributed by atoms with Gasteiger partial charge in [-0.05, 0) is 29.8 Å². The molecule has 0 N–H and O–H groups in total. The Labute approximate surface area is 166 Å². The van der Waals surface area contributed by atoms with Crippen LogP contribution < -0.4 is 5.56 Å². The molecular formula is C23H16ClN3O. The van der Waals surface area contributed by atoms with E-state index in [1.54, 1.807) is 10.5 Å². The van der Waals surface area contributed by atoms with Crippen LogP contribution >= 0.6 is 11.6 Å². The molecule has 0 amide bonds. The first kappa shape index (κ1) is 16.8. The van der Waals surface area contributed by atoms with Gasteiger partial charge in [0.1, 0.15) is 0 Å². The van der Waals surface area contributed by atoms with Crippen molar-refractivity contribution in [3.05, 3.63) is 106 Å². The Hall–Kier alpha value is -3.37. The number of rotatable bonds is 3. The van der Waals surface area contributed by atoms with Gasteiger partial charge in [-0.25, -0.2) is 9.38 Å². The van der Waals surface area contributed by atoms with E-state index in [4.69, 9.17) is 16.6 Å². The summed E-state index contributed by atoms with van der Waals surface area (Å²) in [5.74, 6) is 0.618. The Morgan fingerprint density at radius 3 is 2.36 bits per heavy atom. The molecule has 5 rings (SSSR count). The number of fused-ring (bicyclic) bond motifs is 3. The van der Waals surface area contributed by atoms with E-state index in [9.17, 15) is 4.79 Å². The first-order valence-electron chi connectivity index (χ1n) is 9.01. The van der Waals surface area contributed by atoms with Crippen LogP contribution in [0.2, 0.25) is 5.02 Å². The molecule has 0 saturated carbocycles. The molecule has 0 saturated heterocycles. The smallest absolute Gasteiger partial charge is 0.260 e. The second-order valence-corrected chi connectivity index (χ2v) is 7.12. The highest BCUT2D eigenvalue weighted by Crippen LogP contribution is 2.24. The Kier molecular flexibility index (Phi) is 3.99. The summed E-state index contributed by atoms with van der Waals surface area (Å²) >= 11 is 6.14. The van der Waals surface area contributed by atoms with Crippen molar-refractivity contribution in [1.82, 2.24) is 14.0 Å². The zero-order chi connectivity index (χ0) is 19.1. The lowest BCUT2D eigenvalue weighted by molar-refractivity contribution is 0.834. The van der Waals surface area contributed by atoms with E-state index in [2.05, 4.69) is 16.7 Å². The van der Waals surface area contributed by atoms with Crippen LogP contribution in [0.15, 0.2) is 89.7 Å². The van der Waals surface area contributed by atoms with Crippen molar-refractivity contribution in [2.45, 2.75) is 6.54 Å².